The van der Waals surface area contributed by atoms with Crippen LogP contribution in [0.25, 0.3) is 0 Å². The van der Waals surface area contributed by atoms with Gasteiger partial charge in [0.1, 0.15) is 11.6 Å². The number of carbonyl (C=O) groups is 2. The van der Waals surface area contributed by atoms with E-state index in [0.717, 1.165) is 31.5 Å². The highest BCUT2D eigenvalue weighted by atomic mass is 35.5. The first-order valence-electron chi connectivity index (χ1n) is 10.8. The van der Waals surface area contributed by atoms with Gasteiger partial charge < -0.3 is 10.2 Å². The van der Waals surface area contributed by atoms with Crippen LogP contribution in [-0.2, 0) is 0 Å². The highest BCUT2D eigenvalue weighted by molar-refractivity contribution is 6.31. The molecule has 8 heteroatoms. The number of carbonyl (C=O) groups excluding carboxylic acids is 2. The molecule has 0 spiro atoms. The van der Waals surface area contributed by atoms with Gasteiger partial charge in [-0.25, -0.2) is 8.78 Å². The third-order valence-electron chi connectivity index (χ3n) is 6.28. The molecule has 2 aromatic rings. The smallest absolute Gasteiger partial charge is 0.254 e. The summed E-state index contributed by atoms with van der Waals surface area (Å²) >= 11 is 5.82. The molecule has 0 aromatic heterocycles. The molecule has 32 heavy (non-hydrogen) atoms. The van der Waals surface area contributed by atoms with Gasteiger partial charge >= 0.3 is 0 Å². The van der Waals surface area contributed by atoms with Crippen molar-refractivity contribution in [2.45, 2.75) is 25.8 Å². The number of benzene rings is 2. The predicted molar refractivity (Wildman–Crippen MR) is 119 cm³/mol. The Balaban J connectivity index is 1.20. The van der Waals surface area contributed by atoms with E-state index >= 15 is 0 Å². The lowest BCUT2D eigenvalue weighted by molar-refractivity contribution is 0.0145. The molecule has 2 saturated heterocycles. The van der Waals surface area contributed by atoms with Crippen LogP contribution in [0.5, 0.6) is 0 Å². The first kappa shape index (κ1) is 22.7. The molecule has 0 bridgehead atoms. The minimum Gasteiger partial charge on any atom is -0.352 e. The molecule has 5 nitrogen and oxygen atoms in total. The van der Waals surface area contributed by atoms with Crippen molar-refractivity contribution in [3.63, 3.8) is 0 Å². The van der Waals surface area contributed by atoms with Gasteiger partial charge in [0.2, 0.25) is 0 Å². The second-order valence-electron chi connectivity index (χ2n) is 8.73. The number of aryl methyl sites for hydroxylation is 1. The Morgan fingerprint density at radius 2 is 1.66 bits per heavy atom. The Bertz CT molecular complexity index is 978. The Labute approximate surface area is 191 Å². The van der Waals surface area contributed by atoms with Crippen LogP contribution in [0, 0.1) is 24.5 Å². The molecule has 0 radical (unpaired) electrons. The number of nitrogens with one attached hydrogen (secondary N) is 1. The molecule has 0 unspecified atom stereocenters. The van der Waals surface area contributed by atoms with Crippen LogP contribution in [0.15, 0.2) is 36.4 Å². The van der Waals surface area contributed by atoms with Gasteiger partial charge in [0.25, 0.3) is 11.8 Å². The average molecular weight is 462 g/mol. The molecule has 0 aliphatic carbocycles. The van der Waals surface area contributed by atoms with Crippen LogP contribution in [0.3, 0.4) is 0 Å². The zero-order chi connectivity index (χ0) is 22.8. The topological polar surface area (TPSA) is 52.7 Å². The largest absolute Gasteiger partial charge is 0.352 e. The van der Waals surface area contributed by atoms with Gasteiger partial charge in [-0.05, 0) is 80.7 Å². The maximum absolute atomic E-state index is 13.6. The van der Waals surface area contributed by atoms with Gasteiger partial charge in [0.05, 0.1) is 0 Å². The van der Waals surface area contributed by atoms with Crippen LogP contribution in [0.2, 0.25) is 5.02 Å². The average Bonchev–Trinajstić information content (AvgIpc) is 2.70. The molecule has 2 aromatic carbocycles. The fourth-order valence-electron chi connectivity index (χ4n) is 4.44. The summed E-state index contributed by atoms with van der Waals surface area (Å²) in [4.78, 5) is 29.0. The lowest BCUT2D eigenvalue weighted by Crippen LogP contribution is -2.62. The van der Waals surface area contributed by atoms with E-state index in [1.165, 1.54) is 30.3 Å². The van der Waals surface area contributed by atoms with Crippen molar-refractivity contribution < 1.29 is 18.4 Å². The number of piperidine rings is 1. The van der Waals surface area contributed by atoms with E-state index in [2.05, 4.69) is 10.2 Å². The molecular formula is C24H26ClF2N3O2. The molecule has 0 atom stereocenters. The number of amides is 2. The number of hydrogen-bond donors (Lipinski definition) is 1. The van der Waals surface area contributed by atoms with Crippen molar-refractivity contribution in [2.24, 2.45) is 5.92 Å². The van der Waals surface area contributed by atoms with Gasteiger partial charge in [-0.1, -0.05) is 11.6 Å². The van der Waals surface area contributed by atoms with E-state index in [1.54, 1.807) is 17.9 Å². The highest BCUT2D eigenvalue weighted by Gasteiger charge is 2.36. The van der Waals surface area contributed by atoms with E-state index in [9.17, 15) is 18.4 Å². The molecule has 2 fully saturated rings. The fourth-order valence-corrected chi connectivity index (χ4v) is 4.66. The van der Waals surface area contributed by atoms with Crippen LogP contribution in [-0.4, -0.2) is 60.4 Å². The van der Waals surface area contributed by atoms with E-state index in [0.29, 0.717) is 37.2 Å². The normalized spacial score (nSPS) is 17.8. The number of halogens is 3. The van der Waals surface area contributed by atoms with E-state index < -0.39 is 5.82 Å². The van der Waals surface area contributed by atoms with Crippen molar-refractivity contribution in [3.05, 3.63) is 69.7 Å². The van der Waals surface area contributed by atoms with E-state index in [4.69, 9.17) is 11.6 Å². The number of rotatable bonds is 5. The molecule has 0 saturated carbocycles. The summed E-state index contributed by atoms with van der Waals surface area (Å²) in [5.41, 5.74) is 1.36. The number of nitrogens with zero attached hydrogens (tertiary/aromatic N) is 2. The SMILES string of the molecule is Cc1cc(F)cc(C(=O)N2CC(N3CCC(CNC(=O)c4cc(F)cc(Cl)c4)CC3)C2)c1. The summed E-state index contributed by atoms with van der Waals surface area (Å²) in [6.45, 7) is 5.41. The lowest BCUT2D eigenvalue weighted by Gasteiger charge is -2.47. The second kappa shape index (κ2) is 9.55. The van der Waals surface area contributed by atoms with Crippen molar-refractivity contribution >= 4 is 23.4 Å². The Morgan fingerprint density at radius 1 is 1.00 bits per heavy atom. The monoisotopic (exact) mass is 461 g/mol. The summed E-state index contributed by atoms with van der Waals surface area (Å²) in [5.74, 6) is -1.02. The summed E-state index contributed by atoms with van der Waals surface area (Å²) in [7, 11) is 0. The van der Waals surface area contributed by atoms with E-state index in [1.807, 2.05) is 0 Å². The minimum absolute atomic E-state index is 0.126. The van der Waals surface area contributed by atoms with Crippen molar-refractivity contribution in [1.82, 2.24) is 15.1 Å². The molecule has 170 valence electrons. The molecule has 2 amide bonds. The Morgan fingerprint density at radius 3 is 2.31 bits per heavy atom. The fraction of sp³-hybridized carbons (Fsp3) is 0.417. The van der Waals surface area contributed by atoms with Crippen LogP contribution in [0.4, 0.5) is 8.78 Å². The summed E-state index contributed by atoms with van der Waals surface area (Å²) in [5, 5.41) is 3.08. The molecule has 2 aliphatic heterocycles. The maximum Gasteiger partial charge on any atom is 0.254 e. The van der Waals surface area contributed by atoms with Gasteiger partial charge in [-0.15, -0.1) is 0 Å². The van der Waals surface area contributed by atoms with Gasteiger partial charge in [0.15, 0.2) is 0 Å². The third kappa shape index (κ3) is 5.27. The molecule has 4 rings (SSSR count). The Hall–Kier alpha value is -2.51. The molecule has 2 aliphatic rings. The van der Waals surface area contributed by atoms with Crippen LogP contribution >= 0.6 is 11.6 Å². The van der Waals surface area contributed by atoms with Crippen molar-refractivity contribution in [2.75, 3.05) is 32.7 Å². The standard InChI is InChI=1S/C24H26ClF2N3O2/c1-15-6-18(10-20(26)7-15)24(32)30-13-22(14-30)29-4-2-16(3-5-29)12-28-23(31)17-8-19(25)11-21(27)9-17/h6-11,16,22H,2-5,12-14H2,1H3,(H,28,31). The quantitative estimate of drug-likeness (QED) is 0.735. The Kier molecular flexibility index (Phi) is 6.76. The third-order valence-corrected chi connectivity index (χ3v) is 6.50. The second-order valence-corrected chi connectivity index (χ2v) is 9.17. The maximum atomic E-state index is 13.6. The number of hydrogen-bond acceptors (Lipinski definition) is 3. The minimum atomic E-state index is -0.531. The molecular weight excluding hydrogens is 436 g/mol. The highest BCUT2D eigenvalue weighted by Crippen LogP contribution is 2.25. The first-order chi connectivity index (χ1) is 15.3. The van der Waals surface area contributed by atoms with Gasteiger partial charge in [-0.2, -0.15) is 0 Å². The molecule has 2 heterocycles. The van der Waals surface area contributed by atoms with Crippen molar-refractivity contribution in [1.29, 1.82) is 0 Å². The first-order valence-corrected chi connectivity index (χ1v) is 11.2. The zero-order valence-corrected chi connectivity index (χ0v) is 18.7. The lowest BCUT2D eigenvalue weighted by atomic mass is 9.93. The predicted octanol–water partition coefficient (Wildman–Crippen LogP) is 3.89. The van der Waals surface area contributed by atoms with Crippen LogP contribution in [0.1, 0.15) is 39.1 Å². The van der Waals surface area contributed by atoms with Gasteiger partial charge in [-0.3, -0.25) is 14.5 Å². The molecule has 1 N–H and O–H groups in total. The number of likely N-dealkylation sites (tertiary alicyclic amines) is 2. The van der Waals surface area contributed by atoms with Crippen LogP contribution < -0.4 is 5.32 Å². The van der Waals surface area contributed by atoms with Gasteiger partial charge in [0, 0.05) is 41.8 Å². The summed E-state index contributed by atoms with van der Waals surface area (Å²) in [6.07, 6.45) is 1.88. The summed E-state index contributed by atoms with van der Waals surface area (Å²) < 4.78 is 27.0. The van der Waals surface area contributed by atoms with Crippen molar-refractivity contribution in [3.8, 4) is 0 Å². The summed E-state index contributed by atoms with van der Waals surface area (Å²) in [6, 6.07) is 8.54. The zero-order valence-electron chi connectivity index (χ0n) is 17.9. The van der Waals surface area contributed by atoms with E-state index in [-0.39, 0.29) is 28.2 Å².